The highest BCUT2D eigenvalue weighted by molar-refractivity contribution is 5.70. The Morgan fingerprint density at radius 3 is 0.682 bits per heavy atom. The van der Waals surface area contributed by atoms with Crippen LogP contribution in [-0.4, -0.2) is 36.4 Å². The Hall–Kier alpha value is -3.70. The normalized spacial score (nSPS) is 12.9. The first kappa shape index (κ1) is 84.3. The van der Waals surface area contributed by atoms with Crippen LogP contribution in [0.1, 0.15) is 373 Å². The minimum atomic E-state index is -0.776. The number of hydrogen-bond donors (Lipinski definition) is 1. The maximum Gasteiger partial charge on any atom is 0.306 e. The zero-order valence-electron chi connectivity index (χ0n) is 58.2. The number of carbonyl (C=O) groups is 2. The van der Waals surface area contributed by atoms with E-state index in [0.717, 1.165) is 103 Å². The fourth-order valence-electron chi connectivity index (χ4n) is 11.1. The van der Waals surface area contributed by atoms with E-state index in [-0.39, 0.29) is 25.2 Å². The summed E-state index contributed by atoms with van der Waals surface area (Å²) in [4.78, 5) is 24.7. The Morgan fingerprint density at radius 1 is 0.261 bits per heavy atom. The van der Waals surface area contributed by atoms with Gasteiger partial charge in [-0.3, -0.25) is 9.59 Å². The summed E-state index contributed by atoms with van der Waals surface area (Å²) in [6.45, 7) is 3.95. The fourth-order valence-corrected chi connectivity index (χ4v) is 11.1. The van der Waals surface area contributed by atoms with E-state index in [1.165, 1.54) is 244 Å². The maximum absolute atomic E-state index is 12.4. The molecule has 0 amide bonds. The molecule has 1 N–H and O–H groups in total. The van der Waals surface area contributed by atoms with E-state index in [1.807, 2.05) is 0 Å². The van der Waals surface area contributed by atoms with Crippen LogP contribution in [-0.2, 0) is 19.1 Å². The summed E-state index contributed by atoms with van der Waals surface area (Å²) in [5, 5.41) is 9.72. The zero-order valence-corrected chi connectivity index (χ0v) is 58.2. The first-order valence-electron chi connectivity index (χ1n) is 38.1. The van der Waals surface area contributed by atoms with Crippen molar-refractivity contribution in [2.24, 2.45) is 0 Å². The molecule has 5 heteroatoms. The molecule has 0 heterocycles. The molecule has 88 heavy (non-hydrogen) atoms. The molecule has 0 spiro atoms. The molecule has 0 aromatic rings. The summed E-state index contributed by atoms with van der Waals surface area (Å²) in [5.41, 5.74) is 0. The van der Waals surface area contributed by atoms with Crippen LogP contribution in [0.25, 0.3) is 0 Å². The summed E-state index contributed by atoms with van der Waals surface area (Å²) in [7, 11) is 0. The van der Waals surface area contributed by atoms with E-state index in [0.29, 0.717) is 12.8 Å². The Morgan fingerprint density at radius 2 is 0.455 bits per heavy atom. The number of carbonyl (C=O) groups excluding carboxylic acids is 2. The lowest BCUT2D eigenvalue weighted by atomic mass is 10.0. The van der Waals surface area contributed by atoms with Gasteiger partial charge in [0.15, 0.2) is 6.10 Å². The molecule has 0 aromatic carbocycles. The van der Waals surface area contributed by atoms with Crippen molar-refractivity contribution < 1.29 is 24.2 Å². The highest BCUT2D eigenvalue weighted by atomic mass is 16.6. The van der Waals surface area contributed by atoms with Crippen molar-refractivity contribution in [3.05, 3.63) is 122 Å². The van der Waals surface area contributed by atoms with Crippen molar-refractivity contribution in [1.82, 2.24) is 0 Å². The van der Waals surface area contributed by atoms with Gasteiger partial charge in [-0.15, -0.1) is 0 Å². The summed E-state index contributed by atoms with van der Waals surface area (Å²) in [6.07, 6.45) is 114. The molecule has 0 fully saturated rings. The molecule has 0 aliphatic rings. The van der Waals surface area contributed by atoms with Gasteiger partial charge in [0, 0.05) is 12.8 Å². The molecular weight excluding hydrogens is 1080 g/mol. The first-order chi connectivity index (χ1) is 43.6. The van der Waals surface area contributed by atoms with Crippen molar-refractivity contribution in [3.8, 4) is 0 Å². The average molecular weight is 1220 g/mol. The fraction of sp³-hybridized carbons (Fsp3) is 0.735. The van der Waals surface area contributed by atoms with E-state index >= 15 is 0 Å². The molecule has 0 aliphatic carbocycles. The number of unbranched alkanes of at least 4 members (excludes halogenated alkanes) is 42. The topological polar surface area (TPSA) is 72.8 Å². The monoisotopic (exact) mass is 1220 g/mol. The third-order valence-electron chi connectivity index (χ3n) is 16.8. The molecular formula is C83H144O5. The predicted octanol–water partition coefficient (Wildman–Crippen LogP) is 26.9. The number of aliphatic hydroxyl groups excluding tert-OH is 1. The van der Waals surface area contributed by atoms with Gasteiger partial charge in [0.05, 0.1) is 6.61 Å². The molecule has 0 saturated heterocycles. The first-order valence-corrected chi connectivity index (χ1v) is 38.1. The lowest BCUT2D eigenvalue weighted by Crippen LogP contribution is -2.28. The zero-order chi connectivity index (χ0) is 63.3. The van der Waals surface area contributed by atoms with Crippen LogP contribution < -0.4 is 0 Å². The van der Waals surface area contributed by atoms with Gasteiger partial charge < -0.3 is 14.6 Å². The van der Waals surface area contributed by atoms with Crippen LogP contribution in [0.5, 0.6) is 0 Å². The molecule has 0 rings (SSSR count). The highest BCUT2D eigenvalue weighted by Gasteiger charge is 2.16. The summed E-state index contributed by atoms with van der Waals surface area (Å²) < 4.78 is 10.8. The van der Waals surface area contributed by atoms with Crippen LogP contribution in [0.4, 0.5) is 0 Å². The van der Waals surface area contributed by atoms with Crippen LogP contribution in [0, 0.1) is 0 Å². The second-order valence-electron chi connectivity index (χ2n) is 25.3. The van der Waals surface area contributed by atoms with Crippen molar-refractivity contribution in [1.29, 1.82) is 0 Å². The molecule has 0 aromatic heterocycles. The van der Waals surface area contributed by atoms with Gasteiger partial charge in [-0.05, 0) is 103 Å². The second kappa shape index (κ2) is 77.5. The second-order valence-corrected chi connectivity index (χ2v) is 25.3. The summed E-state index contributed by atoms with van der Waals surface area (Å²) >= 11 is 0. The third-order valence-corrected chi connectivity index (χ3v) is 16.8. The summed E-state index contributed by atoms with van der Waals surface area (Å²) in [5.74, 6) is -0.574. The van der Waals surface area contributed by atoms with E-state index in [1.54, 1.807) is 0 Å². The Bertz CT molecular complexity index is 1720. The van der Waals surface area contributed by atoms with Gasteiger partial charge in [0.2, 0.25) is 0 Å². The van der Waals surface area contributed by atoms with Crippen molar-refractivity contribution in [2.75, 3.05) is 13.2 Å². The molecule has 1 unspecified atom stereocenters. The number of ether oxygens (including phenoxy) is 2. The van der Waals surface area contributed by atoms with Crippen molar-refractivity contribution >= 4 is 11.9 Å². The average Bonchev–Trinajstić information content (AvgIpc) is 3.55. The lowest BCUT2D eigenvalue weighted by molar-refractivity contribution is -0.161. The SMILES string of the molecule is CC/C=C\C/C=C\C/C=C\C/C=C\C/C=C\C/C=C\CCCCCCCCCCCCCCCCCCCCC(=O)OC(CO)COC(=O)CCCCCCCCCCCCCCCCCCCCCCCCCC/C=C\C/C=C\C/C=C\C/C=C\CC. The van der Waals surface area contributed by atoms with Gasteiger partial charge in [-0.2, -0.15) is 0 Å². The highest BCUT2D eigenvalue weighted by Crippen LogP contribution is 2.19. The largest absolute Gasteiger partial charge is 0.462 e. The third kappa shape index (κ3) is 74.8. The minimum absolute atomic E-state index is 0.0643. The van der Waals surface area contributed by atoms with E-state index < -0.39 is 6.10 Å². The number of esters is 2. The Balaban J connectivity index is 3.42. The van der Waals surface area contributed by atoms with Crippen LogP contribution >= 0.6 is 0 Å². The van der Waals surface area contributed by atoms with E-state index in [9.17, 15) is 14.7 Å². The molecule has 0 bridgehead atoms. The number of rotatable bonds is 70. The Labute approximate surface area is 547 Å². The minimum Gasteiger partial charge on any atom is -0.462 e. The molecule has 0 saturated carbocycles. The molecule has 1 atom stereocenters. The smallest absolute Gasteiger partial charge is 0.306 e. The van der Waals surface area contributed by atoms with Gasteiger partial charge in [0.1, 0.15) is 6.61 Å². The summed E-state index contributed by atoms with van der Waals surface area (Å²) in [6, 6.07) is 0. The van der Waals surface area contributed by atoms with Crippen LogP contribution in [0.3, 0.4) is 0 Å². The van der Waals surface area contributed by atoms with Crippen molar-refractivity contribution in [2.45, 2.75) is 380 Å². The number of hydrogen-bond acceptors (Lipinski definition) is 5. The van der Waals surface area contributed by atoms with Crippen LogP contribution in [0.2, 0.25) is 0 Å². The molecule has 5 nitrogen and oxygen atoms in total. The van der Waals surface area contributed by atoms with Gasteiger partial charge in [-0.1, -0.05) is 379 Å². The molecule has 0 radical (unpaired) electrons. The van der Waals surface area contributed by atoms with Gasteiger partial charge >= 0.3 is 11.9 Å². The van der Waals surface area contributed by atoms with Crippen LogP contribution in [0.15, 0.2) is 122 Å². The van der Waals surface area contributed by atoms with E-state index in [2.05, 4.69) is 135 Å². The Kier molecular flexibility index (Phi) is 74.3. The molecule has 0 aliphatic heterocycles. The maximum atomic E-state index is 12.4. The molecule has 506 valence electrons. The van der Waals surface area contributed by atoms with E-state index in [4.69, 9.17) is 9.47 Å². The quantitative estimate of drug-likeness (QED) is 0.0373. The van der Waals surface area contributed by atoms with Gasteiger partial charge in [0.25, 0.3) is 0 Å². The number of aliphatic hydroxyl groups is 1. The lowest BCUT2D eigenvalue weighted by Gasteiger charge is -2.15. The number of allylic oxidation sites excluding steroid dienone is 20. The van der Waals surface area contributed by atoms with Crippen molar-refractivity contribution in [3.63, 3.8) is 0 Å². The van der Waals surface area contributed by atoms with Gasteiger partial charge in [-0.25, -0.2) is 0 Å². The predicted molar refractivity (Wildman–Crippen MR) is 389 cm³/mol. The standard InChI is InChI=1S/C83H144O5/c1-3-5-7-9-11-13-15-17-19-21-23-25-27-29-31-33-35-37-39-41-43-45-47-49-51-53-55-57-59-61-63-65-67-69-71-73-75-77-82(85)87-80-81(79-84)88-83(86)78-76-74-72-70-68-66-64-62-60-58-56-54-52-50-48-46-44-42-40-38-36-34-32-30-28-26-24-22-20-18-16-14-12-10-8-6-4-2/h5-8,11-14,17-20,23-26,30,32,36,38,81,84H,3-4,9-10,15-16,21-22,27-29,31,33-35,37,39-80H2,1-2H3/b7-5-,8-6-,13-11-,14-12-,19-17-,20-18-,25-23-,26-24-,32-30-,38-36-.